The first-order valence-corrected chi connectivity index (χ1v) is 9.56. The number of nitrogens with zero attached hydrogens (tertiary/aromatic N) is 5. The fourth-order valence-corrected chi connectivity index (χ4v) is 4.27. The third kappa shape index (κ3) is 2.77. The van der Waals surface area contributed by atoms with Gasteiger partial charge < -0.3 is 15.2 Å². The van der Waals surface area contributed by atoms with Crippen LogP contribution in [0.2, 0.25) is 0 Å². The number of aryl methyl sites for hydroxylation is 1. The standard InChI is InChI=1S/C21H24N6/c1-25-20-15(12-23-25)6-4-7-16(20)13-27-19-10-3-2-9-18(19)24-21(27)26-11-5-8-17(22)14-26/h2-4,6-7,9-10,12,17H,5,8,11,13-14,22H2,1H3. The summed E-state index contributed by atoms with van der Waals surface area (Å²) in [6.07, 6.45) is 4.13. The molecule has 27 heavy (non-hydrogen) atoms. The Kier molecular flexibility index (Phi) is 3.86. The third-order valence-corrected chi connectivity index (χ3v) is 5.55. The van der Waals surface area contributed by atoms with Crippen LogP contribution in [0.25, 0.3) is 21.9 Å². The van der Waals surface area contributed by atoms with Crippen LogP contribution in [0.3, 0.4) is 0 Å². The van der Waals surface area contributed by atoms with E-state index in [0.717, 1.165) is 49.5 Å². The van der Waals surface area contributed by atoms with E-state index in [2.05, 4.69) is 51.0 Å². The Morgan fingerprint density at radius 2 is 2.04 bits per heavy atom. The highest BCUT2D eigenvalue weighted by Crippen LogP contribution is 2.28. The van der Waals surface area contributed by atoms with Crippen LogP contribution in [0.15, 0.2) is 48.7 Å². The van der Waals surface area contributed by atoms with Crippen molar-refractivity contribution in [1.82, 2.24) is 19.3 Å². The number of fused-ring (bicyclic) bond motifs is 2. The zero-order valence-corrected chi connectivity index (χ0v) is 15.5. The number of rotatable bonds is 3. The minimum atomic E-state index is 0.215. The molecule has 0 saturated carbocycles. The molecule has 1 unspecified atom stereocenters. The first-order valence-electron chi connectivity index (χ1n) is 9.56. The van der Waals surface area contributed by atoms with E-state index < -0.39 is 0 Å². The summed E-state index contributed by atoms with van der Waals surface area (Å²) in [4.78, 5) is 7.31. The molecular formula is C21H24N6. The molecular weight excluding hydrogens is 336 g/mol. The second-order valence-corrected chi connectivity index (χ2v) is 7.46. The van der Waals surface area contributed by atoms with Gasteiger partial charge in [0.2, 0.25) is 5.95 Å². The Hall–Kier alpha value is -2.86. The predicted molar refractivity (Wildman–Crippen MR) is 109 cm³/mol. The second-order valence-electron chi connectivity index (χ2n) is 7.46. The minimum absolute atomic E-state index is 0.215. The molecule has 0 radical (unpaired) electrons. The van der Waals surface area contributed by atoms with E-state index in [1.165, 1.54) is 16.5 Å². The van der Waals surface area contributed by atoms with Gasteiger partial charge in [-0.2, -0.15) is 5.10 Å². The molecule has 1 fully saturated rings. The number of imidazole rings is 1. The van der Waals surface area contributed by atoms with Crippen molar-refractivity contribution < 1.29 is 0 Å². The molecule has 3 heterocycles. The topological polar surface area (TPSA) is 64.9 Å². The highest BCUT2D eigenvalue weighted by atomic mass is 15.3. The SMILES string of the molecule is Cn1ncc2cccc(Cn3c(N4CCCC(N)C4)nc4ccccc43)c21. The summed E-state index contributed by atoms with van der Waals surface area (Å²) in [6, 6.07) is 15.0. The molecule has 2 aromatic heterocycles. The van der Waals surface area contributed by atoms with E-state index in [9.17, 15) is 0 Å². The lowest BCUT2D eigenvalue weighted by atomic mass is 10.1. The maximum absolute atomic E-state index is 6.25. The molecule has 1 atom stereocenters. The van der Waals surface area contributed by atoms with Crippen LogP contribution in [0.4, 0.5) is 5.95 Å². The van der Waals surface area contributed by atoms with Gasteiger partial charge in [0.05, 0.1) is 29.3 Å². The van der Waals surface area contributed by atoms with Gasteiger partial charge in [0.1, 0.15) is 0 Å². The van der Waals surface area contributed by atoms with Crippen molar-refractivity contribution in [2.24, 2.45) is 12.8 Å². The molecule has 2 aromatic carbocycles. The van der Waals surface area contributed by atoms with Crippen LogP contribution in [0, 0.1) is 0 Å². The fourth-order valence-electron chi connectivity index (χ4n) is 4.27. The largest absolute Gasteiger partial charge is 0.341 e. The van der Waals surface area contributed by atoms with Crippen LogP contribution >= 0.6 is 0 Å². The van der Waals surface area contributed by atoms with Gasteiger partial charge in [-0.3, -0.25) is 4.68 Å². The zero-order chi connectivity index (χ0) is 18.4. The van der Waals surface area contributed by atoms with E-state index in [4.69, 9.17) is 10.7 Å². The molecule has 1 aliphatic heterocycles. The monoisotopic (exact) mass is 360 g/mol. The number of nitrogens with two attached hydrogens (primary N) is 1. The average Bonchev–Trinajstić information content (AvgIpc) is 3.24. The van der Waals surface area contributed by atoms with Crippen LogP contribution in [-0.4, -0.2) is 38.5 Å². The second kappa shape index (κ2) is 6.39. The fraction of sp³-hybridized carbons (Fsp3) is 0.333. The quantitative estimate of drug-likeness (QED) is 0.610. The highest BCUT2D eigenvalue weighted by molar-refractivity contribution is 5.83. The summed E-state index contributed by atoms with van der Waals surface area (Å²) >= 11 is 0. The number of para-hydroxylation sites is 3. The molecule has 138 valence electrons. The molecule has 0 spiro atoms. The summed E-state index contributed by atoms with van der Waals surface area (Å²) in [5, 5.41) is 5.60. The van der Waals surface area contributed by atoms with Gasteiger partial charge in [-0.15, -0.1) is 0 Å². The van der Waals surface area contributed by atoms with Crippen molar-refractivity contribution in [2.45, 2.75) is 25.4 Å². The minimum Gasteiger partial charge on any atom is -0.341 e. The van der Waals surface area contributed by atoms with Crippen molar-refractivity contribution in [3.05, 3.63) is 54.2 Å². The molecule has 4 aromatic rings. The van der Waals surface area contributed by atoms with Crippen LogP contribution < -0.4 is 10.6 Å². The zero-order valence-electron chi connectivity index (χ0n) is 15.5. The molecule has 0 amide bonds. The summed E-state index contributed by atoms with van der Waals surface area (Å²) in [5.74, 6) is 1.02. The van der Waals surface area contributed by atoms with Gasteiger partial charge in [0.25, 0.3) is 0 Å². The Balaban J connectivity index is 1.65. The van der Waals surface area contributed by atoms with Crippen molar-refractivity contribution in [3.8, 4) is 0 Å². The maximum Gasteiger partial charge on any atom is 0.206 e. The molecule has 0 bridgehead atoms. The molecule has 6 nitrogen and oxygen atoms in total. The molecule has 1 saturated heterocycles. The Morgan fingerprint density at radius 1 is 1.15 bits per heavy atom. The summed E-state index contributed by atoms with van der Waals surface area (Å²) in [6.45, 7) is 2.63. The number of hydrogen-bond donors (Lipinski definition) is 1. The molecule has 5 rings (SSSR count). The van der Waals surface area contributed by atoms with Crippen LogP contribution in [0.1, 0.15) is 18.4 Å². The van der Waals surface area contributed by atoms with Gasteiger partial charge >= 0.3 is 0 Å². The van der Waals surface area contributed by atoms with E-state index >= 15 is 0 Å². The van der Waals surface area contributed by atoms with Gasteiger partial charge in [-0.25, -0.2) is 4.98 Å². The lowest BCUT2D eigenvalue weighted by molar-refractivity contribution is 0.495. The molecule has 1 aliphatic rings. The van der Waals surface area contributed by atoms with Gasteiger partial charge in [-0.1, -0.05) is 30.3 Å². The van der Waals surface area contributed by atoms with Crippen molar-refractivity contribution in [2.75, 3.05) is 18.0 Å². The number of piperidine rings is 1. The predicted octanol–water partition coefficient (Wildman–Crippen LogP) is 2.90. The van der Waals surface area contributed by atoms with Crippen molar-refractivity contribution in [1.29, 1.82) is 0 Å². The summed E-state index contributed by atoms with van der Waals surface area (Å²) < 4.78 is 4.29. The van der Waals surface area contributed by atoms with Crippen LogP contribution in [-0.2, 0) is 13.6 Å². The summed E-state index contributed by atoms with van der Waals surface area (Å²) in [7, 11) is 2.00. The molecule has 6 heteroatoms. The molecule has 2 N–H and O–H groups in total. The van der Waals surface area contributed by atoms with Gasteiger partial charge in [-0.05, 0) is 30.5 Å². The average molecular weight is 360 g/mol. The maximum atomic E-state index is 6.25. The lowest BCUT2D eigenvalue weighted by Crippen LogP contribution is -2.44. The Labute approximate surface area is 158 Å². The van der Waals surface area contributed by atoms with E-state index in [1.54, 1.807) is 0 Å². The van der Waals surface area contributed by atoms with Crippen LogP contribution in [0.5, 0.6) is 0 Å². The Morgan fingerprint density at radius 3 is 2.93 bits per heavy atom. The highest BCUT2D eigenvalue weighted by Gasteiger charge is 2.23. The number of hydrogen-bond acceptors (Lipinski definition) is 4. The van der Waals surface area contributed by atoms with E-state index in [1.807, 2.05) is 24.0 Å². The number of benzene rings is 2. The van der Waals surface area contributed by atoms with Gasteiger partial charge in [0, 0.05) is 31.6 Å². The van der Waals surface area contributed by atoms with E-state index in [-0.39, 0.29) is 6.04 Å². The van der Waals surface area contributed by atoms with Crippen molar-refractivity contribution >= 4 is 27.9 Å². The lowest BCUT2D eigenvalue weighted by Gasteiger charge is -2.32. The first-order chi connectivity index (χ1) is 13.2. The number of aromatic nitrogens is 4. The van der Waals surface area contributed by atoms with Gasteiger partial charge in [0.15, 0.2) is 0 Å². The smallest absolute Gasteiger partial charge is 0.206 e. The normalized spacial score (nSPS) is 17.9. The van der Waals surface area contributed by atoms with E-state index in [0.29, 0.717) is 0 Å². The number of anilines is 1. The molecule has 0 aliphatic carbocycles. The summed E-state index contributed by atoms with van der Waals surface area (Å²) in [5.41, 5.74) is 10.9. The van der Waals surface area contributed by atoms with Crippen molar-refractivity contribution in [3.63, 3.8) is 0 Å². The Bertz CT molecular complexity index is 1110. The third-order valence-electron chi connectivity index (χ3n) is 5.55. The first kappa shape index (κ1) is 16.3.